The lowest BCUT2D eigenvalue weighted by Crippen LogP contribution is -2.33. The summed E-state index contributed by atoms with van der Waals surface area (Å²) >= 11 is 9.81. The van der Waals surface area contributed by atoms with E-state index in [0.717, 1.165) is 4.99 Å². The van der Waals surface area contributed by atoms with Crippen LogP contribution in [0.25, 0.3) is 0 Å². The average molecular weight is 176 g/mol. The van der Waals surface area contributed by atoms with Crippen molar-refractivity contribution in [3.05, 3.63) is 0 Å². The van der Waals surface area contributed by atoms with Crippen molar-refractivity contribution in [2.45, 2.75) is 6.92 Å². The van der Waals surface area contributed by atoms with Crippen molar-refractivity contribution in [1.29, 1.82) is 0 Å². The van der Waals surface area contributed by atoms with E-state index in [9.17, 15) is 0 Å². The van der Waals surface area contributed by atoms with E-state index in [1.807, 2.05) is 25.9 Å². The Labute approximate surface area is 72.4 Å². The highest BCUT2D eigenvalue weighted by molar-refractivity contribution is 7.82. The molecule has 2 nitrogen and oxygen atoms in total. The van der Waals surface area contributed by atoms with E-state index < -0.39 is 0 Å². The Kier molecular flexibility index (Phi) is 3.75. The van der Waals surface area contributed by atoms with Gasteiger partial charge in [-0.05, 0) is 6.92 Å². The first-order chi connectivity index (χ1) is 4.46. The van der Waals surface area contributed by atoms with Gasteiger partial charge in [-0.2, -0.15) is 0 Å². The van der Waals surface area contributed by atoms with Crippen LogP contribution in [-0.2, 0) is 0 Å². The topological polar surface area (TPSA) is 29.3 Å². The fraction of sp³-hybridized carbons (Fsp3) is 0.667. The first kappa shape index (κ1) is 9.78. The van der Waals surface area contributed by atoms with Crippen LogP contribution in [0.15, 0.2) is 0 Å². The minimum absolute atomic E-state index is 0.0278. The lowest BCUT2D eigenvalue weighted by molar-refractivity contribution is 0.609. The lowest BCUT2D eigenvalue weighted by atomic mass is 10.2. The Hall–Kier alpha value is -0.220. The summed E-state index contributed by atoms with van der Waals surface area (Å²) in [6, 6.07) is 0. The van der Waals surface area contributed by atoms with E-state index in [-0.39, 0.29) is 5.92 Å². The maximum Gasteiger partial charge on any atom is 0.0870 e. The lowest BCUT2D eigenvalue weighted by Gasteiger charge is -2.18. The number of hydrogen-bond donors (Lipinski definition) is 1. The van der Waals surface area contributed by atoms with Gasteiger partial charge < -0.3 is 10.6 Å². The van der Waals surface area contributed by atoms with Crippen LogP contribution in [0.3, 0.4) is 0 Å². The highest BCUT2D eigenvalue weighted by Gasteiger charge is 2.12. The summed E-state index contributed by atoms with van der Waals surface area (Å²) in [5, 5.41) is 0. The largest absolute Gasteiger partial charge is 0.393 e. The molecule has 0 bridgehead atoms. The molecule has 0 aliphatic rings. The molecule has 10 heavy (non-hydrogen) atoms. The summed E-state index contributed by atoms with van der Waals surface area (Å²) in [6.45, 7) is 1.91. The van der Waals surface area contributed by atoms with Gasteiger partial charge in [0.15, 0.2) is 0 Å². The second-order valence-electron chi connectivity index (χ2n) is 2.36. The molecular formula is C6H12N2S2. The minimum Gasteiger partial charge on any atom is -0.393 e. The van der Waals surface area contributed by atoms with E-state index in [2.05, 4.69) is 0 Å². The first-order valence-corrected chi connectivity index (χ1v) is 3.79. The SMILES string of the molecule is C[C@H](C(N)=S)C(=S)N(C)C. The fourth-order valence-electron chi connectivity index (χ4n) is 0.509. The Morgan fingerprint density at radius 2 is 1.80 bits per heavy atom. The molecule has 0 aliphatic heterocycles. The van der Waals surface area contributed by atoms with Gasteiger partial charge in [-0.3, -0.25) is 0 Å². The summed E-state index contributed by atoms with van der Waals surface area (Å²) in [5.74, 6) is 0.0278. The first-order valence-electron chi connectivity index (χ1n) is 2.97. The standard InChI is InChI=1S/C6H12N2S2/c1-4(5(7)9)6(10)8(2)3/h4H,1-3H3,(H2,7,9)/t4-/m1/s1. The summed E-state index contributed by atoms with van der Waals surface area (Å²) < 4.78 is 0. The summed E-state index contributed by atoms with van der Waals surface area (Å²) in [4.78, 5) is 3.09. The van der Waals surface area contributed by atoms with E-state index in [4.69, 9.17) is 30.2 Å². The number of nitrogens with zero attached hydrogens (tertiary/aromatic N) is 1. The van der Waals surface area contributed by atoms with Crippen molar-refractivity contribution < 1.29 is 0 Å². The molecule has 58 valence electrons. The number of nitrogens with two attached hydrogens (primary N) is 1. The van der Waals surface area contributed by atoms with Gasteiger partial charge in [-0.25, -0.2) is 0 Å². The van der Waals surface area contributed by atoms with E-state index >= 15 is 0 Å². The third-order valence-electron chi connectivity index (χ3n) is 1.24. The molecule has 0 aromatic rings. The van der Waals surface area contributed by atoms with Gasteiger partial charge in [0, 0.05) is 14.1 Å². The van der Waals surface area contributed by atoms with Crippen LogP contribution in [0.5, 0.6) is 0 Å². The molecule has 0 aromatic heterocycles. The van der Waals surface area contributed by atoms with Gasteiger partial charge in [0.25, 0.3) is 0 Å². The molecule has 0 spiro atoms. The van der Waals surface area contributed by atoms with Crippen LogP contribution >= 0.6 is 24.4 Å². The third kappa shape index (κ3) is 2.58. The molecule has 0 saturated carbocycles. The molecular weight excluding hydrogens is 164 g/mol. The van der Waals surface area contributed by atoms with Crippen molar-refractivity contribution in [2.75, 3.05) is 14.1 Å². The van der Waals surface area contributed by atoms with Crippen LogP contribution in [0.1, 0.15) is 6.92 Å². The quantitative estimate of drug-likeness (QED) is 0.630. The molecule has 0 amide bonds. The van der Waals surface area contributed by atoms with Crippen molar-refractivity contribution in [2.24, 2.45) is 11.7 Å². The minimum atomic E-state index is 0.0278. The normalized spacial score (nSPS) is 12.3. The van der Waals surface area contributed by atoms with Crippen LogP contribution in [0, 0.1) is 5.92 Å². The zero-order chi connectivity index (χ0) is 8.31. The number of thiocarbonyl (C=S) groups is 2. The Morgan fingerprint density at radius 3 is 1.90 bits per heavy atom. The van der Waals surface area contributed by atoms with Crippen molar-refractivity contribution in [1.82, 2.24) is 4.90 Å². The second-order valence-corrected chi connectivity index (χ2v) is 3.25. The van der Waals surface area contributed by atoms with Crippen molar-refractivity contribution in [3.8, 4) is 0 Å². The summed E-state index contributed by atoms with van der Waals surface area (Å²) in [6.07, 6.45) is 0. The maximum atomic E-state index is 5.39. The zero-order valence-corrected chi connectivity index (χ0v) is 8.05. The Bertz CT molecular complexity index is 154. The zero-order valence-electron chi connectivity index (χ0n) is 6.42. The Balaban J connectivity index is 4.08. The monoisotopic (exact) mass is 176 g/mol. The molecule has 0 rings (SSSR count). The third-order valence-corrected chi connectivity index (χ3v) is 2.31. The molecule has 0 fully saturated rings. The summed E-state index contributed by atoms with van der Waals surface area (Å²) in [5.41, 5.74) is 5.39. The molecule has 0 aromatic carbocycles. The molecule has 4 heteroatoms. The van der Waals surface area contributed by atoms with Crippen LogP contribution in [0.2, 0.25) is 0 Å². The maximum absolute atomic E-state index is 5.39. The molecule has 2 N–H and O–H groups in total. The van der Waals surface area contributed by atoms with Gasteiger partial charge in [-0.1, -0.05) is 24.4 Å². The Morgan fingerprint density at radius 1 is 1.40 bits per heavy atom. The van der Waals surface area contributed by atoms with Crippen LogP contribution < -0.4 is 5.73 Å². The molecule has 0 aliphatic carbocycles. The second kappa shape index (κ2) is 3.83. The summed E-state index contributed by atoms with van der Waals surface area (Å²) in [7, 11) is 3.77. The highest BCUT2D eigenvalue weighted by Crippen LogP contribution is 2.01. The van der Waals surface area contributed by atoms with Gasteiger partial charge in [0.05, 0.1) is 15.9 Å². The predicted octanol–water partition coefficient (Wildman–Crippen LogP) is 0.798. The van der Waals surface area contributed by atoms with Crippen LogP contribution in [0.4, 0.5) is 0 Å². The molecule has 0 saturated heterocycles. The number of rotatable bonds is 2. The smallest absolute Gasteiger partial charge is 0.0870 e. The fourth-order valence-corrected chi connectivity index (χ4v) is 0.822. The predicted molar refractivity (Wildman–Crippen MR) is 52.2 cm³/mol. The highest BCUT2D eigenvalue weighted by atomic mass is 32.1. The van der Waals surface area contributed by atoms with Crippen LogP contribution in [-0.4, -0.2) is 29.0 Å². The van der Waals surface area contributed by atoms with Crippen molar-refractivity contribution in [3.63, 3.8) is 0 Å². The van der Waals surface area contributed by atoms with E-state index in [1.165, 1.54) is 0 Å². The molecule has 0 heterocycles. The van der Waals surface area contributed by atoms with Crippen molar-refractivity contribution >= 4 is 34.4 Å². The average Bonchev–Trinajstić information content (AvgIpc) is 1.84. The van der Waals surface area contributed by atoms with E-state index in [1.54, 1.807) is 0 Å². The van der Waals surface area contributed by atoms with Gasteiger partial charge in [-0.15, -0.1) is 0 Å². The van der Waals surface area contributed by atoms with Gasteiger partial charge >= 0.3 is 0 Å². The molecule has 0 unspecified atom stereocenters. The van der Waals surface area contributed by atoms with Gasteiger partial charge in [0.2, 0.25) is 0 Å². The van der Waals surface area contributed by atoms with E-state index in [0.29, 0.717) is 4.99 Å². The number of hydrogen-bond acceptors (Lipinski definition) is 2. The molecule has 0 radical (unpaired) electrons. The van der Waals surface area contributed by atoms with Gasteiger partial charge in [0.1, 0.15) is 0 Å². The molecule has 1 atom stereocenters.